The highest BCUT2D eigenvalue weighted by Gasteiger charge is 2.21. The highest BCUT2D eigenvalue weighted by Crippen LogP contribution is 2.01. The van der Waals surface area contributed by atoms with Gasteiger partial charge in [0.1, 0.15) is 0 Å². The number of carboxylic acids is 3. The van der Waals surface area contributed by atoms with Crippen LogP contribution in [0.25, 0.3) is 0 Å². The second-order valence-electron chi connectivity index (χ2n) is 10.1. The number of hydrogen-bond donors (Lipinski definition) is 4. The Morgan fingerprint density at radius 2 is 0.800 bits per heavy atom. The van der Waals surface area contributed by atoms with Gasteiger partial charge in [0.15, 0.2) is 0 Å². The fourth-order valence-electron chi connectivity index (χ4n) is 4.21. The third-order valence-corrected chi connectivity index (χ3v) is 6.41. The molecule has 0 aromatic carbocycles. The van der Waals surface area contributed by atoms with Crippen molar-refractivity contribution in [1.29, 1.82) is 0 Å². The quantitative estimate of drug-likeness (QED) is 0.105. The SMILES string of the molecule is CC.CCCOCCOCCOCCOCCNC(=O)CN1CCN(CC(=O)O)CCN(CC(=O)O)CCN(CC(=O)O)CC1. The van der Waals surface area contributed by atoms with Gasteiger partial charge in [-0.3, -0.25) is 38.8 Å². The van der Waals surface area contributed by atoms with E-state index in [1.807, 2.05) is 18.7 Å². The molecule has 0 spiro atoms. The number of carbonyl (C=O) groups excluding carboxylic acids is 1. The van der Waals surface area contributed by atoms with Gasteiger partial charge < -0.3 is 39.6 Å². The summed E-state index contributed by atoms with van der Waals surface area (Å²) in [5.74, 6) is -3.24. The molecule has 16 heteroatoms. The minimum Gasteiger partial charge on any atom is -0.480 e. The van der Waals surface area contributed by atoms with Crippen LogP contribution in [0.15, 0.2) is 0 Å². The summed E-state index contributed by atoms with van der Waals surface area (Å²) in [5.41, 5.74) is 0. The minimum atomic E-state index is -1.01. The summed E-state index contributed by atoms with van der Waals surface area (Å²) in [7, 11) is 0. The van der Waals surface area contributed by atoms with Crippen LogP contribution in [0.4, 0.5) is 0 Å². The molecule has 1 heterocycles. The second kappa shape index (κ2) is 29.0. The molecule has 0 bridgehead atoms. The summed E-state index contributed by atoms with van der Waals surface area (Å²) in [6, 6.07) is 0. The number of carboxylic acid groups (broad SMARTS) is 3. The molecule has 1 fully saturated rings. The molecule has 1 saturated heterocycles. The van der Waals surface area contributed by atoms with Gasteiger partial charge in [-0.15, -0.1) is 0 Å². The first kappa shape index (κ1) is 42.6. The Hall–Kier alpha value is -2.44. The first-order valence-corrected chi connectivity index (χ1v) is 15.8. The van der Waals surface area contributed by atoms with E-state index < -0.39 is 17.9 Å². The molecule has 0 unspecified atom stereocenters. The van der Waals surface area contributed by atoms with Gasteiger partial charge in [0, 0.05) is 65.5 Å². The smallest absolute Gasteiger partial charge is 0.317 e. The van der Waals surface area contributed by atoms with Crippen molar-refractivity contribution in [2.45, 2.75) is 27.2 Å². The number of hydrogen-bond acceptors (Lipinski definition) is 12. The van der Waals surface area contributed by atoms with Crippen LogP contribution in [-0.2, 0) is 38.1 Å². The van der Waals surface area contributed by atoms with Gasteiger partial charge in [-0.2, -0.15) is 0 Å². The predicted octanol–water partition coefficient (Wildman–Crippen LogP) is -0.919. The normalized spacial score (nSPS) is 16.2. The molecule has 0 aromatic rings. The summed E-state index contributed by atoms with van der Waals surface area (Å²) in [4.78, 5) is 53.7. The molecule has 1 amide bonds. The summed E-state index contributed by atoms with van der Waals surface area (Å²) < 4.78 is 21.7. The van der Waals surface area contributed by atoms with Gasteiger partial charge in [-0.25, -0.2) is 0 Å². The Morgan fingerprint density at radius 1 is 0.511 bits per heavy atom. The molecular formula is C29H57N5O11. The van der Waals surface area contributed by atoms with Crippen LogP contribution in [0.1, 0.15) is 27.2 Å². The Bertz CT molecular complexity index is 762. The van der Waals surface area contributed by atoms with E-state index in [2.05, 4.69) is 12.2 Å². The summed E-state index contributed by atoms with van der Waals surface area (Å²) in [6.45, 7) is 12.3. The lowest BCUT2D eigenvalue weighted by Crippen LogP contribution is -2.50. The maximum atomic E-state index is 12.6. The zero-order chi connectivity index (χ0) is 33.7. The van der Waals surface area contributed by atoms with Gasteiger partial charge in [0.2, 0.25) is 5.91 Å². The number of ether oxygens (including phenoxy) is 4. The second-order valence-corrected chi connectivity index (χ2v) is 10.1. The lowest BCUT2D eigenvalue weighted by atomic mass is 10.3. The van der Waals surface area contributed by atoms with Crippen LogP contribution in [0, 0.1) is 0 Å². The Morgan fingerprint density at radius 3 is 1.11 bits per heavy atom. The van der Waals surface area contributed by atoms with Crippen molar-refractivity contribution in [2.24, 2.45) is 0 Å². The molecule has 16 nitrogen and oxygen atoms in total. The lowest BCUT2D eigenvalue weighted by Gasteiger charge is -2.32. The number of carbonyl (C=O) groups is 4. The number of amides is 1. The predicted molar refractivity (Wildman–Crippen MR) is 167 cm³/mol. The maximum Gasteiger partial charge on any atom is 0.317 e. The number of aliphatic carboxylic acids is 3. The fourth-order valence-corrected chi connectivity index (χ4v) is 4.21. The molecule has 264 valence electrons. The molecule has 1 rings (SSSR count). The average molecular weight is 652 g/mol. The van der Waals surface area contributed by atoms with E-state index in [-0.39, 0.29) is 32.1 Å². The van der Waals surface area contributed by atoms with Crippen LogP contribution in [0.2, 0.25) is 0 Å². The Balaban J connectivity index is 0.00000947. The van der Waals surface area contributed by atoms with Crippen molar-refractivity contribution in [1.82, 2.24) is 24.9 Å². The van der Waals surface area contributed by atoms with Gasteiger partial charge in [0.25, 0.3) is 0 Å². The zero-order valence-corrected chi connectivity index (χ0v) is 27.5. The zero-order valence-electron chi connectivity index (χ0n) is 27.5. The first-order valence-electron chi connectivity index (χ1n) is 15.8. The molecule has 0 aliphatic carbocycles. The average Bonchev–Trinajstić information content (AvgIpc) is 2.99. The van der Waals surface area contributed by atoms with Crippen LogP contribution < -0.4 is 5.32 Å². The molecule has 1 aliphatic rings. The van der Waals surface area contributed by atoms with E-state index in [0.717, 1.165) is 13.0 Å². The first-order chi connectivity index (χ1) is 21.7. The maximum absolute atomic E-state index is 12.6. The van der Waals surface area contributed by atoms with E-state index in [9.17, 15) is 34.5 Å². The monoisotopic (exact) mass is 651 g/mol. The van der Waals surface area contributed by atoms with Gasteiger partial charge in [-0.05, 0) is 6.42 Å². The number of nitrogens with one attached hydrogen (secondary N) is 1. The van der Waals surface area contributed by atoms with E-state index in [4.69, 9.17) is 18.9 Å². The van der Waals surface area contributed by atoms with Crippen molar-refractivity contribution >= 4 is 23.8 Å². The van der Waals surface area contributed by atoms with Crippen molar-refractivity contribution in [3.8, 4) is 0 Å². The van der Waals surface area contributed by atoms with Crippen molar-refractivity contribution in [3.05, 3.63) is 0 Å². The molecule has 0 radical (unpaired) electrons. The Kier molecular flexibility index (Phi) is 27.4. The molecule has 0 atom stereocenters. The number of rotatable bonds is 22. The molecule has 0 aromatic heterocycles. The fraction of sp³-hybridized carbons (Fsp3) is 0.862. The summed E-state index contributed by atoms with van der Waals surface area (Å²) in [6.07, 6.45) is 0.981. The van der Waals surface area contributed by atoms with E-state index in [0.29, 0.717) is 105 Å². The molecular weight excluding hydrogens is 594 g/mol. The third-order valence-electron chi connectivity index (χ3n) is 6.41. The van der Waals surface area contributed by atoms with Gasteiger partial charge >= 0.3 is 17.9 Å². The van der Waals surface area contributed by atoms with Crippen LogP contribution in [0.5, 0.6) is 0 Å². The lowest BCUT2D eigenvalue weighted by molar-refractivity contribution is -0.140. The van der Waals surface area contributed by atoms with E-state index >= 15 is 0 Å². The van der Waals surface area contributed by atoms with Gasteiger partial charge in [0.05, 0.1) is 72.4 Å². The standard InChI is InChI=1S/C27H51N5O11.C2H6/c1-2-12-40-14-16-42-18-19-43-17-15-41-13-3-28-24(33)20-29-4-6-30(21-25(34)35)8-10-32(23-27(38)39)11-9-31(7-5-29)22-26(36)37;1-2/h2-23H2,1H3,(H,28,33)(H,34,35)(H,36,37)(H,38,39);1-2H3. The molecule has 4 N–H and O–H groups in total. The van der Waals surface area contributed by atoms with E-state index in [1.165, 1.54) is 0 Å². The highest BCUT2D eigenvalue weighted by molar-refractivity contribution is 5.78. The van der Waals surface area contributed by atoms with Gasteiger partial charge in [-0.1, -0.05) is 20.8 Å². The van der Waals surface area contributed by atoms with Crippen LogP contribution >= 0.6 is 0 Å². The van der Waals surface area contributed by atoms with Crippen molar-refractivity contribution < 1.29 is 53.4 Å². The molecule has 0 saturated carbocycles. The summed E-state index contributed by atoms with van der Waals surface area (Å²) >= 11 is 0. The molecule has 45 heavy (non-hydrogen) atoms. The van der Waals surface area contributed by atoms with E-state index in [1.54, 1.807) is 14.7 Å². The summed E-state index contributed by atoms with van der Waals surface area (Å²) in [5, 5.41) is 30.7. The largest absolute Gasteiger partial charge is 0.480 e. The highest BCUT2D eigenvalue weighted by atomic mass is 16.6. The van der Waals surface area contributed by atoms with Crippen LogP contribution in [-0.4, -0.2) is 197 Å². The minimum absolute atomic E-state index is 0.0551. The van der Waals surface area contributed by atoms with Crippen LogP contribution in [0.3, 0.4) is 0 Å². The third kappa shape index (κ3) is 26.5. The Labute approximate surface area is 267 Å². The topological polar surface area (TPSA) is 191 Å². The number of nitrogens with zero attached hydrogens (tertiary/aromatic N) is 4. The molecule has 1 aliphatic heterocycles. The van der Waals surface area contributed by atoms with Crippen molar-refractivity contribution in [2.75, 3.05) is 138 Å². The van der Waals surface area contributed by atoms with Crippen molar-refractivity contribution in [3.63, 3.8) is 0 Å².